The first-order valence-corrected chi connectivity index (χ1v) is 6.43. The molecule has 1 atom stereocenters. The average Bonchev–Trinajstić information content (AvgIpc) is 2.64. The van der Waals surface area contributed by atoms with Gasteiger partial charge in [0.2, 0.25) is 0 Å². The van der Waals surface area contributed by atoms with E-state index in [2.05, 4.69) is 6.92 Å². The number of carboxylic acids is 1. The van der Waals surface area contributed by atoms with Crippen LogP contribution in [0.3, 0.4) is 0 Å². The third kappa shape index (κ3) is 3.72. The van der Waals surface area contributed by atoms with Crippen LogP contribution in [0.4, 0.5) is 0 Å². The van der Waals surface area contributed by atoms with Crippen molar-refractivity contribution in [2.45, 2.75) is 35.6 Å². The van der Waals surface area contributed by atoms with Gasteiger partial charge in [-0.25, -0.2) is 0 Å². The first-order valence-electron chi connectivity index (χ1n) is 4.67. The minimum atomic E-state index is -0.697. The Balaban J connectivity index is 2.47. The highest BCUT2D eigenvalue weighted by atomic mass is 32.2. The molecule has 1 aromatic heterocycles. The SMILES string of the molecule is CCCCC(Sc1cccs1)C(=O)O. The quantitative estimate of drug-likeness (QED) is 0.760. The van der Waals surface area contributed by atoms with E-state index in [9.17, 15) is 4.79 Å². The number of carboxylic acid groups (broad SMARTS) is 1. The zero-order chi connectivity index (χ0) is 10.4. The van der Waals surface area contributed by atoms with Gasteiger partial charge in [-0.3, -0.25) is 4.79 Å². The molecule has 1 heterocycles. The second-order valence-corrected chi connectivity index (χ2v) is 5.47. The second-order valence-electron chi connectivity index (χ2n) is 3.02. The maximum absolute atomic E-state index is 10.9. The van der Waals surface area contributed by atoms with Gasteiger partial charge in [-0.2, -0.15) is 0 Å². The molecule has 1 rings (SSSR count). The van der Waals surface area contributed by atoms with Crippen molar-refractivity contribution in [1.82, 2.24) is 0 Å². The van der Waals surface area contributed by atoms with Crippen molar-refractivity contribution in [3.8, 4) is 0 Å². The van der Waals surface area contributed by atoms with Crippen molar-refractivity contribution in [1.29, 1.82) is 0 Å². The highest BCUT2D eigenvalue weighted by Gasteiger charge is 2.18. The molecule has 1 unspecified atom stereocenters. The Bertz CT molecular complexity index is 270. The Morgan fingerprint density at radius 3 is 3.00 bits per heavy atom. The van der Waals surface area contributed by atoms with E-state index in [0.717, 1.165) is 23.5 Å². The predicted octanol–water partition coefficient (Wildman–Crippen LogP) is 3.48. The standard InChI is InChI=1S/C10H14O2S2/c1-2-3-5-8(10(11)12)14-9-6-4-7-13-9/h4,6-8H,2-3,5H2,1H3,(H,11,12). The van der Waals surface area contributed by atoms with Crippen LogP contribution in [0, 0.1) is 0 Å². The van der Waals surface area contributed by atoms with Gasteiger partial charge < -0.3 is 5.11 Å². The van der Waals surface area contributed by atoms with Gasteiger partial charge in [-0.15, -0.1) is 23.1 Å². The number of aliphatic carboxylic acids is 1. The molecule has 0 saturated carbocycles. The van der Waals surface area contributed by atoms with Crippen LogP contribution in [0.15, 0.2) is 21.7 Å². The predicted molar refractivity (Wildman–Crippen MR) is 61.1 cm³/mol. The molecular formula is C10H14O2S2. The van der Waals surface area contributed by atoms with Gasteiger partial charge in [0.15, 0.2) is 0 Å². The molecule has 4 heteroatoms. The molecule has 78 valence electrons. The zero-order valence-corrected chi connectivity index (χ0v) is 9.74. The summed E-state index contributed by atoms with van der Waals surface area (Å²) in [6, 6.07) is 3.92. The topological polar surface area (TPSA) is 37.3 Å². The highest BCUT2D eigenvalue weighted by Crippen LogP contribution is 2.30. The summed E-state index contributed by atoms with van der Waals surface area (Å²) in [7, 11) is 0. The fraction of sp³-hybridized carbons (Fsp3) is 0.500. The van der Waals surface area contributed by atoms with Gasteiger partial charge in [-0.1, -0.05) is 25.8 Å². The summed E-state index contributed by atoms with van der Waals surface area (Å²) >= 11 is 3.06. The van der Waals surface area contributed by atoms with Gasteiger partial charge in [0.05, 0.1) is 4.21 Å². The Kier molecular flexibility index (Phi) is 5.04. The van der Waals surface area contributed by atoms with Crippen LogP contribution in [0.25, 0.3) is 0 Å². The van der Waals surface area contributed by atoms with Crippen molar-refractivity contribution >= 4 is 29.1 Å². The Hall–Kier alpha value is -0.480. The molecule has 2 nitrogen and oxygen atoms in total. The molecule has 0 aromatic carbocycles. The first-order chi connectivity index (χ1) is 6.74. The van der Waals surface area contributed by atoms with E-state index in [4.69, 9.17) is 5.11 Å². The molecule has 0 radical (unpaired) electrons. The Morgan fingerprint density at radius 1 is 1.71 bits per heavy atom. The van der Waals surface area contributed by atoms with E-state index in [1.54, 1.807) is 11.3 Å². The minimum Gasteiger partial charge on any atom is -0.480 e. The van der Waals surface area contributed by atoms with Crippen LogP contribution < -0.4 is 0 Å². The molecule has 0 amide bonds. The lowest BCUT2D eigenvalue weighted by molar-refractivity contribution is -0.136. The van der Waals surface area contributed by atoms with Crippen molar-refractivity contribution in [2.75, 3.05) is 0 Å². The molecule has 1 aromatic rings. The lowest BCUT2D eigenvalue weighted by Crippen LogP contribution is -2.15. The van der Waals surface area contributed by atoms with Crippen LogP contribution >= 0.6 is 23.1 Å². The summed E-state index contributed by atoms with van der Waals surface area (Å²) in [5.74, 6) is -0.697. The average molecular weight is 230 g/mol. The van der Waals surface area contributed by atoms with Gasteiger partial charge in [-0.05, 0) is 17.9 Å². The summed E-state index contributed by atoms with van der Waals surface area (Å²) in [6.45, 7) is 2.08. The summed E-state index contributed by atoms with van der Waals surface area (Å²) in [5.41, 5.74) is 0. The second kappa shape index (κ2) is 6.09. The maximum atomic E-state index is 10.9. The van der Waals surface area contributed by atoms with Gasteiger partial charge in [0, 0.05) is 0 Å². The van der Waals surface area contributed by atoms with Crippen LogP contribution in [0.1, 0.15) is 26.2 Å². The molecule has 0 spiro atoms. The number of rotatable bonds is 6. The molecular weight excluding hydrogens is 216 g/mol. The fourth-order valence-corrected chi connectivity index (χ4v) is 3.10. The largest absolute Gasteiger partial charge is 0.480 e. The molecule has 0 aliphatic heterocycles. The monoisotopic (exact) mass is 230 g/mol. The Labute approximate surface area is 92.3 Å². The number of thioether (sulfide) groups is 1. The smallest absolute Gasteiger partial charge is 0.317 e. The molecule has 14 heavy (non-hydrogen) atoms. The zero-order valence-electron chi connectivity index (χ0n) is 8.10. The molecule has 0 fully saturated rings. The first kappa shape index (κ1) is 11.6. The van der Waals surface area contributed by atoms with E-state index < -0.39 is 5.97 Å². The summed E-state index contributed by atoms with van der Waals surface area (Å²) in [5, 5.41) is 10.7. The van der Waals surface area contributed by atoms with E-state index >= 15 is 0 Å². The maximum Gasteiger partial charge on any atom is 0.317 e. The normalized spacial score (nSPS) is 12.6. The van der Waals surface area contributed by atoms with Gasteiger partial charge in [0.25, 0.3) is 0 Å². The van der Waals surface area contributed by atoms with Crippen LogP contribution in [0.2, 0.25) is 0 Å². The van der Waals surface area contributed by atoms with Crippen LogP contribution in [-0.4, -0.2) is 16.3 Å². The summed E-state index contributed by atoms with van der Waals surface area (Å²) in [6.07, 6.45) is 2.79. The lowest BCUT2D eigenvalue weighted by Gasteiger charge is -2.09. The van der Waals surface area contributed by atoms with Crippen LogP contribution in [-0.2, 0) is 4.79 Å². The van der Waals surface area contributed by atoms with Gasteiger partial charge >= 0.3 is 5.97 Å². The number of hydrogen-bond acceptors (Lipinski definition) is 3. The van der Waals surface area contributed by atoms with E-state index in [1.807, 2.05) is 17.5 Å². The highest BCUT2D eigenvalue weighted by molar-refractivity contribution is 8.02. The number of hydrogen-bond donors (Lipinski definition) is 1. The summed E-state index contributed by atoms with van der Waals surface area (Å²) in [4.78, 5) is 10.9. The van der Waals surface area contributed by atoms with Crippen molar-refractivity contribution in [2.24, 2.45) is 0 Å². The van der Waals surface area contributed by atoms with Crippen molar-refractivity contribution in [3.63, 3.8) is 0 Å². The van der Waals surface area contributed by atoms with Crippen molar-refractivity contribution in [3.05, 3.63) is 17.5 Å². The molecule has 0 aliphatic rings. The summed E-state index contributed by atoms with van der Waals surface area (Å²) < 4.78 is 1.09. The van der Waals surface area contributed by atoms with E-state index in [0.29, 0.717) is 0 Å². The van der Waals surface area contributed by atoms with E-state index in [-0.39, 0.29) is 5.25 Å². The van der Waals surface area contributed by atoms with Crippen molar-refractivity contribution < 1.29 is 9.90 Å². The third-order valence-electron chi connectivity index (χ3n) is 1.85. The van der Waals surface area contributed by atoms with E-state index in [1.165, 1.54) is 11.8 Å². The van der Waals surface area contributed by atoms with Crippen LogP contribution in [0.5, 0.6) is 0 Å². The Morgan fingerprint density at radius 2 is 2.50 bits per heavy atom. The van der Waals surface area contributed by atoms with Gasteiger partial charge in [0.1, 0.15) is 5.25 Å². The molecule has 1 N–H and O–H groups in total. The fourth-order valence-electron chi connectivity index (χ4n) is 1.09. The lowest BCUT2D eigenvalue weighted by atomic mass is 10.2. The molecule has 0 bridgehead atoms. The number of unbranched alkanes of at least 4 members (excludes halogenated alkanes) is 1. The minimum absolute atomic E-state index is 0.284. The molecule has 0 aliphatic carbocycles. The molecule has 0 saturated heterocycles. The number of carbonyl (C=O) groups is 1. The number of thiophene rings is 1. The third-order valence-corrected chi connectivity index (χ3v) is 4.18.